The van der Waals surface area contributed by atoms with E-state index in [-0.39, 0.29) is 6.61 Å². The molecule has 0 atom stereocenters. The molecule has 96 valence electrons. The van der Waals surface area contributed by atoms with Crippen LogP contribution in [-0.4, -0.2) is 33.9 Å². The zero-order valence-electron chi connectivity index (χ0n) is 11.1. The predicted octanol–water partition coefficient (Wildman–Crippen LogP) is 1.48. The summed E-state index contributed by atoms with van der Waals surface area (Å²) in [6, 6.07) is 1.93. The summed E-state index contributed by atoms with van der Waals surface area (Å²) < 4.78 is 0. The van der Waals surface area contributed by atoms with Crippen molar-refractivity contribution >= 4 is 5.82 Å². The standard InChI is InChI=1S/C13H22N2O2/c1-5-15(9-13(3,4)17)12-10(2)6-11(8-16)7-14-12/h6-7,16-17H,5,8-9H2,1-4H3. The third kappa shape index (κ3) is 3.98. The maximum absolute atomic E-state index is 9.86. The molecule has 0 spiro atoms. The van der Waals surface area contributed by atoms with E-state index in [9.17, 15) is 5.11 Å². The van der Waals surface area contributed by atoms with Crippen LogP contribution in [0.5, 0.6) is 0 Å². The van der Waals surface area contributed by atoms with E-state index in [0.29, 0.717) is 6.54 Å². The molecule has 4 heteroatoms. The Hall–Kier alpha value is -1.13. The Labute approximate surface area is 103 Å². The van der Waals surface area contributed by atoms with E-state index in [4.69, 9.17) is 5.11 Å². The molecule has 1 heterocycles. The lowest BCUT2D eigenvalue weighted by molar-refractivity contribution is 0.0874. The summed E-state index contributed by atoms with van der Waals surface area (Å²) in [7, 11) is 0. The minimum Gasteiger partial charge on any atom is -0.392 e. The van der Waals surface area contributed by atoms with Crippen molar-refractivity contribution in [1.29, 1.82) is 0 Å². The summed E-state index contributed by atoms with van der Waals surface area (Å²) in [6.07, 6.45) is 1.68. The normalized spacial score (nSPS) is 11.6. The molecule has 2 N–H and O–H groups in total. The van der Waals surface area contributed by atoms with Crippen LogP contribution in [0, 0.1) is 6.92 Å². The molecular weight excluding hydrogens is 216 g/mol. The second kappa shape index (κ2) is 5.47. The fourth-order valence-corrected chi connectivity index (χ4v) is 1.85. The van der Waals surface area contributed by atoms with Crippen LogP contribution in [-0.2, 0) is 6.61 Å². The molecule has 17 heavy (non-hydrogen) atoms. The van der Waals surface area contributed by atoms with E-state index >= 15 is 0 Å². The zero-order chi connectivity index (χ0) is 13.1. The van der Waals surface area contributed by atoms with Crippen molar-refractivity contribution in [2.75, 3.05) is 18.0 Å². The highest BCUT2D eigenvalue weighted by atomic mass is 16.3. The molecule has 0 aliphatic carbocycles. The summed E-state index contributed by atoms with van der Waals surface area (Å²) in [4.78, 5) is 6.40. The molecule has 0 aliphatic rings. The SMILES string of the molecule is CCN(CC(C)(C)O)c1ncc(CO)cc1C. The highest BCUT2D eigenvalue weighted by molar-refractivity contribution is 5.47. The van der Waals surface area contributed by atoms with Crippen molar-refractivity contribution in [2.24, 2.45) is 0 Å². The molecule has 4 nitrogen and oxygen atoms in total. The number of aliphatic hydroxyl groups excluding tert-OH is 1. The van der Waals surface area contributed by atoms with Crippen LogP contribution in [0.2, 0.25) is 0 Å². The Morgan fingerprint density at radius 1 is 1.41 bits per heavy atom. The third-order valence-electron chi connectivity index (χ3n) is 2.55. The van der Waals surface area contributed by atoms with Gasteiger partial charge >= 0.3 is 0 Å². The highest BCUT2D eigenvalue weighted by Gasteiger charge is 2.19. The molecular formula is C13H22N2O2. The van der Waals surface area contributed by atoms with E-state index in [2.05, 4.69) is 4.98 Å². The quantitative estimate of drug-likeness (QED) is 0.816. The van der Waals surface area contributed by atoms with Gasteiger partial charge in [0.05, 0.1) is 12.2 Å². The van der Waals surface area contributed by atoms with Gasteiger partial charge in [-0.3, -0.25) is 0 Å². The van der Waals surface area contributed by atoms with Gasteiger partial charge in [-0.15, -0.1) is 0 Å². The second-order valence-electron chi connectivity index (χ2n) is 4.97. The van der Waals surface area contributed by atoms with Crippen molar-refractivity contribution < 1.29 is 10.2 Å². The van der Waals surface area contributed by atoms with E-state index in [0.717, 1.165) is 23.5 Å². The number of hydrogen-bond donors (Lipinski definition) is 2. The lowest BCUT2D eigenvalue weighted by Crippen LogP contribution is -2.39. The van der Waals surface area contributed by atoms with Crippen LogP contribution in [0.1, 0.15) is 31.9 Å². The van der Waals surface area contributed by atoms with Crippen LogP contribution in [0.4, 0.5) is 5.82 Å². The van der Waals surface area contributed by atoms with Gasteiger partial charge in [0.1, 0.15) is 5.82 Å². The lowest BCUT2D eigenvalue weighted by Gasteiger charge is -2.30. The molecule has 0 saturated carbocycles. The minimum absolute atomic E-state index is 0.00569. The van der Waals surface area contributed by atoms with Crippen molar-refractivity contribution in [3.05, 3.63) is 23.4 Å². The average Bonchev–Trinajstić information content (AvgIpc) is 2.24. The first-order valence-corrected chi connectivity index (χ1v) is 5.91. The number of pyridine rings is 1. The van der Waals surface area contributed by atoms with E-state index in [1.807, 2.05) is 24.8 Å². The Morgan fingerprint density at radius 2 is 2.06 bits per heavy atom. The number of aryl methyl sites for hydroxylation is 1. The van der Waals surface area contributed by atoms with E-state index in [1.165, 1.54) is 0 Å². The summed E-state index contributed by atoms with van der Waals surface area (Å²) >= 11 is 0. The Bertz CT molecular complexity index is 372. The zero-order valence-corrected chi connectivity index (χ0v) is 11.1. The summed E-state index contributed by atoms with van der Waals surface area (Å²) in [5, 5.41) is 18.9. The predicted molar refractivity (Wildman–Crippen MR) is 69.1 cm³/mol. The van der Waals surface area contributed by atoms with E-state index in [1.54, 1.807) is 20.0 Å². The first kappa shape index (κ1) is 13.9. The van der Waals surface area contributed by atoms with Crippen LogP contribution in [0.3, 0.4) is 0 Å². The fourth-order valence-electron chi connectivity index (χ4n) is 1.85. The van der Waals surface area contributed by atoms with Gasteiger partial charge in [-0.05, 0) is 44.9 Å². The van der Waals surface area contributed by atoms with Crippen LogP contribution < -0.4 is 4.90 Å². The molecule has 0 aromatic carbocycles. The molecule has 0 saturated heterocycles. The number of likely N-dealkylation sites (N-methyl/N-ethyl adjacent to an activating group) is 1. The molecule has 1 rings (SSSR count). The topological polar surface area (TPSA) is 56.6 Å². The second-order valence-corrected chi connectivity index (χ2v) is 4.97. The van der Waals surface area contributed by atoms with Crippen molar-refractivity contribution in [3.8, 4) is 0 Å². The smallest absolute Gasteiger partial charge is 0.131 e. The third-order valence-corrected chi connectivity index (χ3v) is 2.55. The lowest BCUT2D eigenvalue weighted by atomic mass is 10.1. The van der Waals surface area contributed by atoms with Gasteiger partial charge in [-0.25, -0.2) is 4.98 Å². The summed E-state index contributed by atoms with van der Waals surface area (Å²) in [5.74, 6) is 0.867. The van der Waals surface area contributed by atoms with Gasteiger partial charge in [0.15, 0.2) is 0 Å². The van der Waals surface area contributed by atoms with Crippen molar-refractivity contribution in [1.82, 2.24) is 4.98 Å². The molecule has 0 aliphatic heterocycles. The number of rotatable bonds is 5. The number of anilines is 1. The Morgan fingerprint density at radius 3 is 2.47 bits per heavy atom. The molecule has 0 bridgehead atoms. The molecule has 0 fully saturated rings. The van der Waals surface area contributed by atoms with Crippen molar-refractivity contribution in [2.45, 2.75) is 39.9 Å². The largest absolute Gasteiger partial charge is 0.392 e. The maximum atomic E-state index is 9.86. The van der Waals surface area contributed by atoms with E-state index < -0.39 is 5.60 Å². The number of aliphatic hydroxyl groups is 2. The minimum atomic E-state index is -0.750. The fraction of sp³-hybridized carbons (Fsp3) is 0.615. The van der Waals surface area contributed by atoms with Gasteiger partial charge in [-0.2, -0.15) is 0 Å². The van der Waals surface area contributed by atoms with Crippen LogP contribution in [0.15, 0.2) is 12.3 Å². The molecule has 1 aromatic heterocycles. The monoisotopic (exact) mass is 238 g/mol. The molecule has 0 radical (unpaired) electrons. The van der Waals surface area contributed by atoms with Crippen LogP contribution >= 0.6 is 0 Å². The summed E-state index contributed by atoms with van der Waals surface area (Å²) in [6.45, 7) is 8.90. The molecule has 0 amide bonds. The number of hydrogen-bond acceptors (Lipinski definition) is 4. The first-order chi connectivity index (χ1) is 7.87. The van der Waals surface area contributed by atoms with Crippen LogP contribution in [0.25, 0.3) is 0 Å². The van der Waals surface area contributed by atoms with Gasteiger partial charge in [0.25, 0.3) is 0 Å². The first-order valence-electron chi connectivity index (χ1n) is 5.91. The Kier molecular flexibility index (Phi) is 4.48. The molecule has 0 unspecified atom stereocenters. The number of aromatic nitrogens is 1. The van der Waals surface area contributed by atoms with Crippen molar-refractivity contribution in [3.63, 3.8) is 0 Å². The maximum Gasteiger partial charge on any atom is 0.131 e. The molecule has 1 aromatic rings. The average molecular weight is 238 g/mol. The summed E-state index contributed by atoms with van der Waals surface area (Å²) in [5.41, 5.74) is 1.08. The number of nitrogens with zero attached hydrogens (tertiary/aromatic N) is 2. The van der Waals surface area contributed by atoms with Gasteiger partial charge in [-0.1, -0.05) is 0 Å². The van der Waals surface area contributed by atoms with Gasteiger partial charge in [0.2, 0.25) is 0 Å². The highest BCUT2D eigenvalue weighted by Crippen LogP contribution is 2.20. The van der Waals surface area contributed by atoms with Gasteiger partial charge < -0.3 is 15.1 Å². The van der Waals surface area contributed by atoms with Gasteiger partial charge in [0, 0.05) is 19.3 Å². The Balaban J connectivity index is 2.96.